The number of carboxylic acid groups (broad SMARTS) is 1. The van der Waals surface area contributed by atoms with Gasteiger partial charge in [0.2, 0.25) is 5.95 Å². The summed E-state index contributed by atoms with van der Waals surface area (Å²) < 4.78 is 0. The molecule has 5 N–H and O–H groups in total. The summed E-state index contributed by atoms with van der Waals surface area (Å²) in [7, 11) is 1.77. The second kappa shape index (κ2) is 13.2. The lowest BCUT2D eigenvalue weighted by molar-refractivity contribution is 0.0697. The number of aliphatic hydroxyl groups is 1. The summed E-state index contributed by atoms with van der Waals surface area (Å²) in [6.45, 7) is 0.934. The zero-order chi connectivity index (χ0) is 25.9. The van der Waals surface area contributed by atoms with Gasteiger partial charge in [-0.15, -0.1) is 0 Å². The molecule has 0 saturated carbocycles. The van der Waals surface area contributed by atoms with E-state index in [0.717, 1.165) is 16.7 Å². The maximum atomic E-state index is 11.4. The Labute approximate surface area is 214 Å². The summed E-state index contributed by atoms with van der Waals surface area (Å²) in [6, 6.07) is 23.2. The van der Waals surface area contributed by atoms with Crippen LogP contribution in [0.4, 0.5) is 5.95 Å². The van der Waals surface area contributed by atoms with Crippen LogP contribution in [0.2, 0.25) is 5.02 Å². The highest BCUT2D eigenvalue weighted by atomic mass is 35.5. The lowest BCUT2D eigenvalue weighted by Gasteiger charge is -2.10. The monoisotopic (exact) mass is 506 g/mol. The van der Waals surface area contributed by atoms with Crippen LogP contribution in [0.15, 0.2) is 85.1 Å². The normalized spacial score (nSPS) is 11.2. The topological polar surface area (TPSA) is 128 Å². The largest absolute Gasteiger partial charge is 0.508 e. The van der Waals surface area contributed by atoms with Gasteiger partial charge in [0.15, 0.2) is 0 Å². The number of aromatic hydroxyl groups is 1. The third-order valence-corrected chi connectivity index (χ3v) is 5.48. The molecule has 1 aromatic heterocycles. The van der Waals surface area contributed by atoms with Gasteiger partial charge in [-0.25, -0.2) is 14.8 Å². The van der Waals surface area contributed by atoms with Crippen molar-refractivity contribution in [1.29, 1.82) is 0 Å². The average molecular weight is 507 g/mol. The van der Waals surface area contributed by atoms with Crippen molar-refractivity contribution in [2.75, 3.05) is 18.9 Å². The molecule has 9 heteroatoms. The van der Waals surface area contributed by atoms with Crippen LogP contribution < -0.4 is 10.6 Å². The summed E-state index contributed by atoms with van der Waals surface area (Å²) in [5.74, 6) is -0.534. The quantitative estimate of drug-likeness (QED) is 0.231. The van der Waals surface area contributed by atoms with E-state index < -0.39 is 12.1 Å². The van der Waals surface area contributed by atoms with E-state index in [4.69, 9.17) is 16.7 Å². The lowest BCUT2D eigenvalue weighted by Crippen LogP contribution is -2.16. The fraction of sp³-hybridized carbons (Fsp3) is 0.148. The Hall–Kier alpha value is -3.98. The maximum absolute atomic E-state index is 11.4. The number of anilines is 1. The van der Waals surface area contributed by atoms with Crippen molar-refractivity contribution in [2.45, 2.75) is 12.6 Å². The fourth-order valence-corrected chi connectivity index (χ4v) is 3.50. The Bertz CT molecular complexity index is 1290. The van der Waals surface area contributed by atoms with Gasteiger partial charge in [-0.1, -0.05) is 72.3 Å². The molecule has 4 aromatic rings. The lowest BCUT2D eigenvalue weighted by atomic mass is 10.1. The van der Waals surface area contributed by atoms with Crippen molar-refractivity contribution in [2.24, 2.45) is 0 Å². The summed E-state index contributed by atoms with van der Waals surface area (Å²) in [5.41, 5.74) is 2.79. The molecule has 0 aliphatic heterocycles. The molecule has 0 aliphatic rings. The van der Waals surface area contributed by atoms with Crippen molar-refractivity contribution in [1.82, 2.24) is 15.3 Å². The Balaban J connectivity index is 0.000000253. The van der Waals surface area contributed by atoms with Crippen LogP contribution in [0, 0.1) is 0 Å². The van der Waals surface area contributed by atoms with E-state index >= 15 is 0 Å². The molecule has 0 amide bonds. The number of rotatable bonds is 8. The van der Waals surface area contributed by atoms with E-state index in [-0.39, 0.29) is 11.3 Å². The SMILES string of the molecule is CNCC(O)c1cccc(O)c1.O=C(O)c1cnc(NCc2ccccc2Cl)nc1-c1ccccc1. The number of hydrogen-bond acceptors (Lipinski definition) is 7. The first-order valence-corrected chi connectivity index (χ1v) is 11.5. The number of phenols is 1. The van der Waals surface area contributed by atoms with Crippen molar-refractivity contribution in [3.8, 4) is 17.0 Å². The van der Waals surface area contributed by atoms with Crippen LogP contribution in [-0.4, -0.2) is 44.8 Å². The Morgan fingerprint density at radius 2 is 1.75 bits per heavy atom. The zero-order valence-corrected chi connectivity index (χ0v) is 20.4. The molecule has 1 atom stereocenters. The number of aromatic nitrogens is 2. The van der Waals surface area contributed by atoms with E-state index in [2.05, 4.69) is 20.6 Å². The molecule has 0 bridgehead atoms. The molecule has 1 heterocycles. The van der Waals surface area contributed by atoms with Gasteiger partial charge in [-0.2, -0.15) is 0 Å². The Kier molecular flexibility index (Phi) is 9.76. The number of hydrogen-bond donors (Lipinski definition) is 5. The number of likely N-dealkylation sites (N-methyl/N-ethyl adjacent to an activating group) is 1. The minimum absolute atomic E-state index is 0.0597. The van der Waals surface area contributed by atoms with Crippen molar-refractivity contribution < 1.29 is 20.1 Å². The summed E-state index contributed by atoms with van der Waals surface area (Å²) >= 11 is 6.13. The molecule has 186 valence electrons. The van der Waals surface area contributed by atoms with Crippen LogP contribution in [0.5, 0.6) is 5.75 Å². The third-order valence-electron chi connectivity index (χ3n) is 5.11. The van der Waals surface area contributed by atoms with Gasteiger partial charge in [0.25, 0.3) is 0 Å². The van der Waals surface area contributed by atoms with Crippen molar-refractivity contribution in [3.63, 3.8) is 0 Å². The van der Waals surface area contributed by atoms with E-state index in [1.54, 1.807) is 31.3 Å². The first kappa shape index (κ1) is 26.6. The number of halogens is 1. The fourth-order valence-electron chi connectivity index (χ4n) is 3.30. The second-order valence-electron chi connectivity index (χ2n) is 7.74. The highest BCUT2D eigenvalue weighted by molar-refractivity contribution is 6.31. The number of nitrogens with zero attached hydrogens (tertiary/aromatic N) is 2. The zero-order valence-electron chi connectivity index (χ0n) is 19.6. The standard InChI is InChI=1S/C18H14ClN3O2.C9H13NO2/c19-15-9-5-4-8-13(15)10-20-18-21-11-14(17(23)24)16(22-18)12-6-2-1-3-7-12;1-10-6-9(12)7-3-2-4-8(11)5-7/h1-9,11H,10H2,(H,23,24)(H,20,21,22);2-5,9-12H,6H2,1H3. The van der Waals surface area contributed by atoms with Crippen LogP contribution in [0.1, 0.15) is 27.6 Å². The van der Waals surface area contributed by atoms with E-state index in [9.17, 15) is 15.0 Å². The summed E-state index contributed by atoms with van der Waals surface area (Å²) in [6.07, 6.45) is 0.758. The summed E-state index contributed by atoms with van der Waals surface area (Å²) in [4.78, 5) is 19.9. The predicted molar refractivity (Wildman–Crippen MR) is 140 cm³/mol. The molecule has 0 fully saturated rings. The van der Waals surface area contributed by atoms with Gasteiger partial charge < -0.3 is 26.0 Å². The molecule has 1 unspecified atom stereocenters. The molecule has 4 rings (SSSR count). The highest BCUT2D eigenvalue weighted by Gasteiger charge is 2.15. The molecule has 0 radical (unpaired) electrons. The van der Waals surface area contributed by atoms with Gasteiger partial charge in [0.1, 0.15) is 11.3 Å². The number of aromatic carboxylic acids is 1. The first-order chi connectivity index (χ1) is 17.4. The molecular formula is C27H27ClN4O4. The van der Waals surface area contributed by atoms with Gasteiger partial charge in [-0.3, -0.25) is 0 Å². The van der Waals surface area contributed by atoms with Gasteiger partial charge in [0, 0.05) is 29.9 Å². The van der Waals surface area contributed by atoms with Crippen molar-refractivity contribution >= 4 is 23.5 Å². The molecular weight excluding hydrogens is 480 g/mol. The van der Waals surface area contributed by atoms with Crippen LogP contribution in [0.3, 0.4) is 0 Å². The van der Waals surface area contributed by atoms with Gasteiger partial charge in [0.05, 0.1) is 11.8 Å². The first-order valence-electron chi connectivity index (χ1n) is 11.1. The number of aliphatic hydroxyl groups excluding tert-OH is 1. The van der Waals surface area contributed by atoms with Crippen LogP contribution in [0.25, 0.3) is 11.3 Å². The number of benzene rings is 3. The Morgan fingerprint density at radius 1 is 1.03 bits per heavy atom. The van der Waals surface area contributed by atoms with Gasteiger partial charge in [-0.05, 0) is 36.4 Å². The molecule has 0 aliphatic carbocycles. The molecule has 36 heavy (non-hydrogen) atoms. The maximum Gasteiger partial charge on any atom is 0.339 e. The van der Waals surface area contributed by atoms with Crippen LogP contribution >= 0.6 is 11.6 Å². The number of carbonyl (C=O) groups is 1. The number of nitrogens with one attached hydrogen (secondary N) is 2. The molecule has 0 saturated heterocycles. The predicted octanol–water partition coefficient (Wildman–Crippen LogP) is 4.75. The van der Waals surface area contributed by atoms with Crippen molar-refractivity contribution in [3.05, 3.63) is 107 Å². The number of carboxylic acids is 1. The van der Waals surface area contributed by atoms with Gasteiger partial charge >= 0.3 is 5.97 Å². The van der Waals surface area contributed by atoms with Crippen LogP contribution in [-0.2, 0) is 6.54 Å². The highest BCUT2D eigenvalue weighted by Crippen LogP contribution is 2.23. The van der Waals surface area contributed by atoms with E-state index in [1.165, 1.54) is 6.20 Å². The number of phenolic OH excluding ortho intramolecular Hbond substituents is 1. The van der Waals surface area contributed by atoms with E-state index in [1.807, 2.05) is 54.6 Å². The minimum Gasteiger partial charge on any atom is -0.508 e. The minimum atomic E-state index is -1.06. The van der Waals surface area contributed by atoms with E-state index in [0.29, 0.717) is 29.8 Å². The summed E-state index contributed by atoms with van der Waals surface area (Å²) in [5, 5.41) is 34.5. The molecule has 0 spiro atoms. The Morgan fingerprint density at radius 3 is 2.42 bits per heavy atom. The average Bonchev–Trinajstić information content (AvgIpc) is 2.89. The second-order valence-corrected chi connectivity index (χ2v) is 8.15. The molecule has 3 aromatic carbocycles. The molecule has 8 nitrogen and oxygen atoms in total. The smallest absolute Gasteiger partial charge is 0.339 e. The third kappa shape index (κ3) is 7.51.